The summed E-state index contributed by atoms with van der Waals surface area (Å²) >= 11 is 1.22. The van der Waals surface area contributed by atoms with Gasteiger partial charge in [-0.25, -0.2) is 0 Å². The van der Waals surface area contributed by atoms with Crippen molar-refractivity contribution in [3.63, 3.8) is 0 Å². The van der Waals surface area contributed by atoms with Crippen LogP contribution in [0.25, 0.3) is 0 Å². The third-order valence-electron chi connectivity index (χ3n) is 3.23. The van der Waals surface area contributed by atoms with Gasteiger partial charge in [-0.05, 0) is 37.4 Å². The molecule has 0 fully saturated rings. The van der Waals surface area contributed by atoms with Gasteiger partial charge in [-0.15, -0.1) is 4.40 Å². The first-order valence-electron chi connectivity index (χ1n) is 7.61. The van der Waals surface area contributed by atoms with Crippen LogP contribution in [0.5, 0.6) is 0 Å². The Bertz CT molecular complexity index is 668. The summed E-state index contributed by atoms with van der Waals surface area (Å²) in [5.74, 6) is 0.450. The molecule has 134 valence electrons. The van der Waals surface area contributed by atoms with Crippen LogP contribution in [0.4, 0.5) is 5.69 Å². The van der Waals surface area contributed by atoms with Crippen molar-refractivity contribution < 1.29 is 13.2 Å². The van der Waals surface area contributed by atoms with Gasteiger partial charge in [0.25, 0.3) is 10.0 Å². The summed E-state index contributed by atoms with van der Waals surface area (Å²) in [6, 6.07) is 5.79. The van der Waals surface area contributed by atoms with Crippen molar-refractivity contribution in [2.24, 2.45) is 10.1 Å². The predicted molar refractivity (Wildman–Crippen MR) is 99.8 cm³/mol. The fraction of sp³-hybridized carbons (Fsp3) is 0.467. The molecular weight excluding hydrogens is 348 g/mol. The van der Waals surface area contributed by atoms with Crippen molar-refractivity contribution >= 4 is 38.5 Å². The molecule has 0 atom stereocenters. The number of sulfonamides is 1. The van der Waals surface area contributed by atoms with E-state index in [1.807, 2.05) is 0 Å². The van der Waals surface area contributed by atoms with Gasteiger partial charge in [0.05, 0.1) is 4.90 Å². The summed E-state index contributed by atoms with van der Waals surface area (Å²) in [7, 11) is -3.85. The number of carbonyl (C=O) groups excluding carboxylic acids is 1. The Morgan fingerprint density at radius 3 is 2.33 bits per heavy atom. The zero-order valence-electron chi connectivity index (χ0n) is 14.2. The van der Waals surface area contributed by atoms with Crippen LogP contribution in [0.15, 0.2) is 33.6 Å². The molecule has 0 unspecified atom stereocenters. The minimum atomic E-state index is -3.85. The van der Waals surface area contributed by atoms with Crippen LogP contribution in [0, 0.1) is 0 Å². The molecule has 1 rings (SSSR count). The number of amidine groups is 1. The van der Waals surface area contributed by atoms with E-state index >= 15 is 0 Å². The molecule has 0 heterocycles. The second-order valence-electron chi connectivity index (χ2n) is 4.99. The molecule has 1 amide bonds. The van der Waals surface area contributed by atoms with Crippen molar-refractivity contribution in [1.29, 1.82) is 0 Å². The number of hydrogen-bond acceptors (Lipinski definition) is 5. The highest BCUT2D eigenvalue weighted by molar-refractivity contribution is 8.14. The van der Waals surface area contributed by atoms with E-state index in [1.54, 1.807) is 0 Å². The SMILES string of the molecule is CCN(CC)CCS/C(N)=N/S(=O)(=O)c1ccc(NC(C)=O)cc1. The Morgan fingerprint density at radius 2 is 1.83 bits per heavy atom. The number of carbonyl (C=O) groups is 1. The van der Waals surface area contributed by atoms with Crippen LogP contribution in [0.2, 0.25) is 0 Å². The number of benzene rings is 1. The molecule has 9 heteroatoms. The van der Waals surface area contributed by atoms with Gasteiger partial charge in [-0.1, -0.05) is 25.6 Å². The molecule has 3 N–H and O–H groups in total. The van der Waals surface area contributed by atoms with Crippen LogP contribution < -0.4 is 11.1 Å². The second kappa shape index (κ2) is 9.65. The minimum Gasteiger partial charge on any atom is -0.378 e. The standard InChI is InChI=1S/C15H24N4O3S2/c1-4-19(5-2)10-11-23-15(16)18-24(21,22)14-8-6-13(7-9-14)17-12(3)20/h6-9H,4-5,10-11H2,1-3H3,(H2,16,18)(H,17,20). The maximum Gasteiger partial charge on any atom is 0.284 e. The van der Waals surface area contributed by atoms with Gasteiger partial charge in [-0.3, -0.25) is 4.79 Å². The number of nitrogens with zero attached hydrogens (tertiary/aromatic N) is 2. The molecule has 0 aliphatic rings. The summed E-state index contributed by atoms with van der Waals surface area (Å²) in [6.45, 7) is 8.21. The first-order chi connectivity index (χ1) is 11.3. The lowest BCUT2D eigenvalue weighted by Crippen LogP contribution is -2.26. The largest absolute Gasteiger partial charge is 0.378 e. The Balaban J connectivity index is 2.71. The molecular formula is C15H24N4O3S2. The minimum absolute atomic E-state index is 0.0214. The quantitative estimate of drug-likeness (QED) is 0.532. The highest BCUT2D eigenvalue weighted by Crippen LogP contribution is 2.17. The van der Waals surface area contributed by atoms with Crippen LogP contribution in [0.1, 0.15) is 20.8 Å². The third-order valence-corrected chi connectivity index (χ3v) is 5.43. The molecule has 0 saturated carbocycles. The average Bonchev–Trinajstić information content (AvgIpc) is 2.51. The summed E-state index contributed by atoms with van der Waals surface area (Å²) in [6.07, 6.45) is 0. The van der Waals surface area contributed by atoms with E-state index in [2.05, 4.69) is 28.5 Å². The molecule has 0 saturated heterocycles. The van der Waals surface area contributed by atoms with Crippen LogP contribution in [-0.2, 0) is 14.8 Å². The topological polar surface area (TPSA) is 105 Å². The summed E-state index contributed by atoms with van der Waals surface area (Å²) in [5.41, 5.74) is 6.24. The van der Waals surface area contributed by atoms with E-state index in [1.165, 1.54) is 43.0 Å². The van der Waals surface area contributed by atoms with Gasteiger partial charge in [0.15, 0.2) is 5.17 Å². The van der Waals surface area contributed by atoms with Crippen molar-refractivity contribution in [2.45, 2.75) is 25.7 Å². The lowest BCUT2D eigenvalue weighted by molar-refractivity contribution is -0.114. The normalized spacial score (nSPS) is 12.4. The van der Waals surface area contributed by atoms with Crippen LogP contribution >= 0.6 is 11.8 Å². The molecule has 0 aliphatic heterocycles. The van der Waals surface area contributed by atoms with E-state index in [9.17, 15) is 13.2 Å². The maximum absolute atomic E-state index is 12.2. The van der Waals surface area contributed by atoms with E-state index in [0.717, 1.165) is 19.6 Å². The number of rotatable bonds is 8. The Hall–Kier alpha value is -1.58. The third kappa shape index (κ3) is 6.90. The Labute approximate surface area is 147 Å². The molecule has 1 aromatic carbocycles. The van der Waals surface area contributed by atoms with E-state index in [0.29, 0.717) is 11.4 Å². The van der Waals surface area contributed by atoms with Crippen LogP contribution in [-0.4, -0.2) is 49.8 Å². The number of hydrogen-bond donors (Lipinski definition) is 2. The molecule has 0 aliphatic carbocycles. The monoisotopic (exact) mass is 372 g/mol. The number of amides is 1. The summed E-state index contributed by atoms with van der Waals surface area (Å²) in [4.78, 5) is 13.2. The van der Waals surface area contributed by atoms with E-state index in [4.69, 9.17) is 5.73 Å². The Morgan fingerprint density at radius 1 is 1.25 bits per heavy atom. The van der Waals surface area contributed by atoms with Gasteiger partial charge >= 0.3 is 0 Å². The molecule has 0 bridgehead atoms. The highest BCUT2D eigenvalue weighted by atomic mass is 32.2. The van der Waals surface area contributed by atoms with Crippen molar-refractivity contribution in [3.05, 3.63) is 24.3 Å². The van der Waals surface area contributed by atoms with E-state index < -0.39 is 10.0 Å². The number of nitrogens with one attached hydrogen (secondary N) is 1. The highest BCUT2D eigenvalue weighted by Gasteiger charge is 2.14. The lowest BCUT2D eigenvalue weighted by Gasteiger charge is -2.16. The van der Waals surface area contributed by atoms with Gasteiger partial charge in [0.1, 0.15) is 0 Å². The first kappa shape index (κ1) is 20.5. The first-order valence-corrected chi connectivity index (χ1v) is 10.0. The zero-order valence-corrected chi connectivity index (χ0v) is 15.8. The van der Waals surface area contributed by atoms with Gasteiger partial charge < -0.3 is 16.0 Å². The maximum atomic E-state index is 12.2. The lowest BCUT2D eigenvalue weighted by atomic mass is 10.3. The molecule has 7 nitrogen and oxygen atoms in total. The second-order valence-corrected chi connectivity index (χ2v) is 7.70. The van der Waals surface area contributed by atoms with E-state index in [-0.39, 0.29) is 16.0 Å². The van der Waals surface area contributed by atoms with Crippen LogP contribution in [0.3, 0.4) is 0 Å². The van der Waals surface area contributed by atoms with Crippen molar-refractivity contribution in [1.82, 2.24) is 4.90 Å². The van der Waals surface area contributed by atoms with Gasteiger partial charge in [0.2, 0.25) is 5.91 Å². The molecule has 0 aromatic heterocycles. The molecule has 0 spiro atoms. The Kier molecular flexibility index (Phi) is 8.23. The van der Waals surface area contributed by atoms with Gasteiger partial charge in [0, 0.05) is 24.9 Å². The van der Waals surface area contributed by atoms with Crippen molar-refractivity contribution in [2.75, 3.05) is 30.7 Å². The fourth-order valence-corrected chi connectivity index (χ4v) is 3.82. The summed E-state index contributed by atoms with van der Waals surface area (Å²) in [5, 5.41) is 2.59. The number of anilines is 1. The van der Waals surface area contributed by atoms with Crippen molar-refractivity contribution in [3.8, 4) is 0 Å². The molecule has 0 radical (unpaired) electrons. The summed E-state index contributed by atoms with van der Waals surface area (Å²) < 4.78 is 28.1. The van der Waals surface area contributed by atoms with Gasteiger partial charge in [-0.2, -0.15) is 8.42 Å². The smallest absolute Gasteiger partial charge is 0.284 e. The predicted octanol–water partition coefficient (Wildman–Crippen LogP) is 1.72. The number of thioether (sulfide) groups is 1. The molecule has 1 aromatic rings. The average molecular weight is 373 g/mol. The zero-order chi connectivity index (χ0) is 18.2. The fourth-order valence-electron chi connectivity index (χ4n) is 1.93. The number of nitrogens with two attached hydrogens (primary N) is 1. The molecule has 24 heavy (non-hydrogen) atoms.